The van der Waals surface area contributed by atoms with E-state index in [0.29, 0.717) is 16.3 Å². The lowest BCUT2D eigenvalue weighted by Crippen LogP contribution is -2.24. The van der Waals surface area contributed by atoms with Crippen molar-refractivity contribution in [3.8, 4) is 0 Å². The van der Waals surface area contributed by atoms with Crippen LogP contribution in [0.15, 0.2) is 12.1 Å². The minimum Gasteiger partial charge on any atom is -0.370 e. The van der Waals surface area contributed by atoms with Crippen molar-refractivity contribution in [2.75, 3.05) is 23.3 Å². The maximum Gasteiger partial charge on any atom is 0.296 e. The minimum absolute atomic E-state index is 0.381. The van der Waals surface area contributed by atoms with Gasteiger partial charge >= 0.3 is 0 Å². The molecule has 0 aromatic heterocycles. The molecule has 1 atom stereocenters. The van der Waals surface area contributed by atoms with E-state index in [1.54, 1.807) is 6.07 Å². The van der Waals surface area contributed by atoms with Crippen LogP contribution < -0.4 is 10.2 Å². The summed E-state index contributed by atoms with van der Waals surface area (Å²) in [5.41, 5.74) is 1.87. The van der Waals surface area contributed by atoms with E-state index in [-0.39, 0.29) is 0 Å². The van der Waals surface area contributed by atoms with Gasteiger partial charge in [-0.05, 0) is 37.3 Å². The highest BCUT2D eigenvalue weighted by atomic mass is 35.5. The summed E-state index contributed by atoms with van der Waals surface area (Å²) in [7, 11) is 0. The predicted octanol–water partition coefficient (Wildman–Crippen LogP) is 3.10. The second-order valence-electron chi connectivity index (χ2n) is 5.66. The number of fused-ring (bicyclic) bond motifs is 1. The lowest BCUT2D eigenvalue weighted by molar-refractivity contribution is -0.112. The third-order valence-electron chi connectivity index (χ3n) is 4.14. The average Bonchev–Trinajstić information content (AvgIpc) is 2.60. The number of anilines is 2. The molecule has 1 aromatic rings. The van der Waals surface area contributed by atoms with Crippen LogP contribution in [0.2, 0.25) is 5.02 Å². The van der Waals surface area contributed by atoms with E-state index in [1.165, 1.54) is 6.42 Å². The molecular formula is C15H17ClN2O2. The van der Waals surface area contributed by atoms with Crippen molar-refractivity contribution >= 4 is 34.7 Å². The molecule has 4 nitrogen and oxygen atoms in total. The van der Waals surface area contributed by atoms with Crippen LogP contribution in [0.4, 0.5) is 11.4 Å². The van der Waals surface area contributed by atoms with Crippen molar-refractivity contribution in [3.63, 3.8) is 0 Å². The quantitative estimate of drug-likeness (QED) is 0.809. The molecule has 2 aliphatic rings. The molecule has 1 N–H and O–H groups in total. The summed E-state index contributed by atoms with van der Waals surface area (Å²) in [5.74, 6) is -0.342. The first-order valence-corrected chi connectivity index (χ1v) is 7.38. The second-order valence-corrected chi connectivity index (χ2v) is 6.06. The smallest absolute Gasteiger partial charge is 0.296 e. The number of hydrogen-bond acceptors (Lipinski definition) is 3. The van der Waals surface area contributed by atoms with Crippen molar-refractivity contribution in [2.45, 2.75) is 26.2 Å². The molecule has 1 saturated heterocycles. The third kappa shape index (κ3) is 2.29. The van der Waals surface area contributed by atoms with Gasteiger partial charge in [-0.25, -0.2) is 0 Å². The molecule has 1 amide bonds. The number of ketones is 1. The van der Waals surface area contributed by atoms with Gasteiger partial charge in [0.15, 0.2) is 0 Å². The third-order valence-corrected chi connectivity index (χ3v) is 4.45. The zero-order valence-corrected chi connectivity index (χ0v) is 12.2. The van der Waals surface area contributed by atoms with Gasteiger partial charge in [0, 0.05) is 13.1 Å². The first-order valence-electron chi connectivity index (χ1n) is 7.00. The Kier molecular flexibility index (Phi) is 3.42. The van der Waals surface area contributed by atoms with Gasteiger partial charge in [-0.2, -0.15) is 0 Å². The summed E-state index contributed by atoms with van der Waals surface area (Å²) < 4.78 is 0. The van der Waals surface area contributed by atoms with Crippen LogP contribution in [-0.2, 0) is 4.79 Å². The highest BCUT2D eigenvalue weighted by Gasteiger charge is 2.30. The molecule has 106 valence electrons. The Morgan fingerprint density at radius 2 is 2.05 bits per heavy atom. The molecule has 1 unspecified atom stereocenters. The molecule has 1 aromatic carbocycles. The number of carbonyl (C=O) groups excluding carboxylic acids is 2. The van der Waals surface area contributed by atoms with Crippen molar-refractivity contribution in [3.05, 3.63) is 22.7 Å². The minimum atomic E-state index is -0.572. The molecule has 0 aliphatic carbocycles. The lowest BCUT2D eigenvalue weighted by Gasteiger charge is -2.24. The van der Waals surface area contributed by atoms with E-state index in [2.05, 4.69) is 17.1 Å². The van der Waals surface area contributed by atoms with Crippen molar-refractivity contribution in [2.24, 2.45) is 5.92 Å². The Morgan fingerprint density at radius 1 is 1.25 bits per heavy atom. The molecule has 0 saturated carbocycles. The van der Waals surface area contributed by atoms with E-state index < -0.39 is 11.7 Å². The molecular weight excluding hydrogens is 276 g/mol. The van der Waals surface area contributed by atoms with Gasteiger partial charge in [-0.15, -0.1) is 0 Å². The lowest BCUT2D eigenvalue weighted by atomic mass is 10.0. The van der Waals surface area contributed by atoms with Crippen LogP contribution >= 0.6 is 11.6 Å². The van der Waals surface area contributed by atoms with E-state index in [9.17, 15) is 9.59 Å². The van der Waals surface area contributed by atoms with Crippen LogP contribution in [0.25, 0.3) is 0 Å². The molecule has 0 spiro atoms. The molecule has 0 bridgehead atoms. The zero-order valence-electron chi connectivity index (χ0n) is 11.4. The SMILES string of the molecule is CC1CCCN(c2cc3c(cc2Cl)C(=O)C(=O)N3)CC1. The Balaban J connectivity index is 1.93. The monoisotopic (exact) mass is 292 g/mol. The predicted molar refractivity (Wildman–Crippen MR) is 79.6 cm³/mol. The van der Waals surface area contributed by atoms with E-state index in [4.69, 9.17) is 11.6 Å². The number of benzene rings is 1. The zero-order chi connectivity index (χ0) is 14.3. The van der Waals surface area contributed by atoms with Crippen molar-refractivity contribution < 1.29 is 9.59 Å². The fourth-order valence-electron chi connectivity index (χ4n) is 2.90. The maximum absolute atomic E-state index is 11.7. The number of nitrogens with zero attached hydrogens (tertiary/aromatic N) is 1. The number of amides is 1. The van der Waals surface area contributed by atoms with E-state index in [1.807, 2.05) is 6.07 Å². The number of halogens is 1. The summed E-state index contributed by atoms with van der Waals surface area (Å²) >= 11 is 6.31. The summed E-state index contributed by atoms with van der Waals surface area (Å²) in [6.07, 6.45) is 3.51. The highest BCUT2D eigenvalue weighted by molar-refractivity contribution is 6.52. The topological polar surface area (TPSA) is 49.4 Å². The Morgan fingerprint density at radius 3 is 2.85 bits per heavy atom. The van der Waals surface area contributed by atoms with E-state index in [0.717, 1.165) is 37.5 Å². The molecule has 5 heteroatoms. The molecule has 20 heavy (non-hydrogen) atoms. The molecule has 3 rings (SSSR count). The summed E-state index contributed by atoms with van der Waals surface area (Å²) in [4.78, 5) is 25.3. The van der Waals surface area contributed by atoms with Crippen LogP contribution in [0.3, 0.4) is 0 Å². The Bertz CT molecular complexity index is 585. The van der Waals surface area contributed by atoms with Gasteiger partial charge in [-0.3, -0.25) is 9.59 Å². The number of Topliss-reactive ketones (excluding diaryl/α,β-unsaturated/α-hetero) is 1. The first kappa shape index (κ1) is 13.4. The standard InChI is InChI=1S/C15H17ClN2O2/c1-9-3-2-5-18(6-4-9)13-8-12-10(7-11(13)16)14(19)15(20)17-12/h7-9H,2-6H2,1H3,(H,17,19,20). The van der Waals surface area contributed by atoms with Gasteiger partial charge in [0.25, 0.3) is 11.7 Å². The van der Waals surface area contributed by atoms with Crippen molar-refractivity contribution in [1.82, 2.24) is 0 Å². The normalized spacial score (nSPS) is 22.5. The van der Waals surface area contributed by atoms with Gasteiger partial charge in [0.05, 0.1) is 22.0 Å². The van der Waals surface area contributed by atoms with Crippen molar-refractivity contribution in [1.29, 1.82) is 0 Å². The summed E-state index contributed by atoms with van der Waals surface area (Å²) in [6, 6.07) is 3.44. The number of hydrogen-bond donors (Lipinski definition) is 1. The first-order chi connectivity index (χ1) is 9.56. The fraction of sp³-hybridized carbons (Fsp3) is 0.467. The van der Waals surface area contributed by atoms with Crippen LogP contribution in [0.1, 0.15) is 36.5 Å². The van der Waals surface area contributed by atoms with Crippen LogP contribution in [-0.4, -0.2) is 24.8 Å². The average molecular weight is 293 g/mol. The number of nitrogens with one attached hydrogen (secondary N) is 1. The number of rotatable bonds is 1. The Hall–Kier alpha value is -1.55. The van der Waals surface area contributed by atoms with Gasteiger partial charge in [-0.1, -0.05) is 18.5 Å². The molecule has 2 aliphatic heterocycles. The summed E-state index contributed by atoms with van der Waals surface area (Å²) in [6.45, 7) is 4.19. The van der Waals surface area contributed by atoms with E-state index >= 15 is 0 Å². The van der Waals surface area contributed by atoms with Crippen LogP contribution in [0.5, 0.6) is 0 Å². The molecule has 2 heterocycles. The van der Waals surface area contributed by atoms with Crippen LogP contribution in [0, 0.1) is 5.92 Å². The maximum atomic E-state index is 11.7. The fourth-order valence-corrected chi connectivity index (χ4v) is 3.18. The summed E-state index contributed by atoms with van der Waals surface area (Å²) in [5, 5.41) is 3.15. The Labute approximate surface area is 123 Å². The molecule has 0 radical (unpaired) electrons. The van der Waals surface area contributed by atoms with Gasteiger partial charge in [0.2, 0.25) is 0 Å². The van der Waals surface area contributed by atoms with Gasteiger partial charge in [0.1, 0.15) is 0 Å². The number of carbonyl (C=O) groups is 2. The highest BCUT2D eigenvalue weighted by Crippen LogP contribution is 2.36. The second kappa shape index (κ2) is 5.09. The largest absolute Gasteiger partial charge is 0.370 e. The molecule has 1 fully saturated rings. The van der Waals surface area contributed by atoms with Gasteiger partial charge < -0.3 is 10.2 Å².